The minimum absolute atomic E-state index is 0.633. The summed E-state index contributed by atoms with van der Waals surface area (Å²) in [6.45, 7) is 3.41. The normalized spacial score (nSPS) is 10.5. The van der Waals surface area contributed by atoms with E-state index in [0.29, 0.717) is 6.54 Å². The van der Waals surface area contributed by atoms with E-state index in [1.165, 1.54) is 5.56 Å². The maximum absolute atomic E-state index is 4.37. The van der Waals surface area contributed by atoms with Gasteiger partial charge in [-0.25, -0.2) is 0 Å². The van der Waals surface area contributed by atoms with E-state index in [1.807, 2.05) is 42.0 Å². The number of aryl methyl sites for hydroxylation is 1. The molecule has 21 heavy (non-hydrogen) atoms. The Kier molecular flexibility index (Phi) is 3.91. The first-order valence-corrected chi connectivity index (χ1v) is 6.88. The fourth-order valence-electron chi connectivity index (χ4n) is 2.06. The molecule has 0 aliphatic heterocycles. The molecule has 0 saturated carbocycles. The van der Waals surface area contributed by atoms with Crippen molar-refractivity contribution in [1.29, 1.82) is 0 Å². The van der Waals surface area contributed by atoms with Crippen LogP contribution in [0.15, 0.2) is 55.0 Å². The van der Waals surface area contributed by atoms with Gasteiger partial charge in [-0.2, -0.15) is 0 Å². The van der Waals surface area contributed by atoms with E-state index in [0.717, 1.165) is 23.8 Å². The van der Waals surface area contributed by atoms with Crippen molar-refractivity contribution in [3.63, 3.8) is 0 Å². The zero-order valence-corrected chi connectivity index (χ0v) is 11.9. The molecule has 0 radical (unpaired) electrons. The highest BCUT2D eigenvalue weighted by Crippen LogP contribution is 2.09. The summed E-state index contributed by atoms with van der Waals surface area (Å²) in [6, 6.07) is 14.3. The Labute approximate surface area is 123 Å². The molecule has 1 N–H and O–H groups in total. The second kappa shape index (κ2) is 6.17. The summed E-state index contributed by atoms with van der Waals surface area (Å²) < 4.78 is 1.99. The Morgan fingerprint density at radius 1 is 1.10 bits per heavy atom. The van der Waals surface area contributed by atoms with Crippen LogP contribution in [0, 0.1) is 6.92 Å². The molecule has 0 amide bonds. The third-order valence-corrected chi connectivity index (χ3v) is 3.21. The number of anilines is 1. The van der Waals surface area contributed by atoms with Gasteiger partial charge in [0.2, 0.25) is 5.95 Å². The molecule has 106 valence electrons. The second-order valence-corrected chi connectivity index (χ2v) is 4.95. The van der Waals surface area contributed by atoms with E-state index in [9.17, 15) is 0 Å². The summed E-state index contributed by atoms with van der Waals surface area (Å²) in [5.41, 5.74) is 3.36. The van der Waals surface area contributed by atoms with Crippen LogP contribution in [0.5, 0.6) is 0 Å². The molecule has 0 unspecified atom stereocenters. The highest BCUT2D eigenvalue weighted by Gasteiger charge is 2.04. The molecule has 0 fully saturated rings. The van der Waals surface area contributed by atoms with Gasteiger partial charge in [-0.3, -0.25) is 9.55 Å². The first kappa shape index (κ1) is 13.3. The standard InChI is InChI=1S/C16H17N5/c1-13-7-8-15(17-9-13)10-18-16-20-19-12-21(16)11-14-5-3-2-4-6-14/h2-9,12H,10-11H2,1H3,(H,18,20). The van der Waals surface area contributed by atoms with Crippen LogP contribution >= 0.6 is 0 Å². The molecule has 2 heterocycles. The number of nitrogens with one attached hydrogen (secondary N) is 1. The molecule has 0 saturated heterocycles. The van der Waals surface area contributed by atoms with Crippen molar-refractivity contribution in [3.8, 4) is 0 Å². The molecule has 0 spiro atoms. The molecule has 0 atom stereocenters. The lowest BCUT2D eigenvalue weighted by Crippen LogP contribution is -2.09. The summed E-state index contributed by atoms with van der Waals surface area (Å²) in [7, 11) is 0. The molecule has 0 bridgehead atoms. The van der Waals surface area contributed by atoms with Crippen molar-refractivity contribution in [2.45, 2.75) is 20.0 Å². The average molecular weight is 279 g/mol. The van der Waals surface area contributed by atoms with Crippen molar-refractivity contribution >= 4 is 5.95 Å². The van der Waals surface area contributed by atoms with Gasteiger partial charge < -0.3 is 5.32 Å². The van der Waals surface area contributed by atoms with E-state index in [-0.39, 0.29) is 0 Å². The number of nitrogens with zero attached hydrogens (tertiary/aromatic N) is 4. The monoisotopic (exact) mass is 279 g/mol. The van der Waals surface area contributed by atoms with Gasteiger partial charge in [0.1, 0.15) is 6.33 Å². The summed E-state index contributed by atoms with van der Waals surface area (Å²) in [6.07, 6.45) is 3.60. The van der Waals surface area contributed by atoms with Crippen LogP contribution in [-0.4, -0.2) is 19.7 Å². The van der Waals surface area contributed by atoms with E-state index >= 15 is 0 Å². The summed E-state index contributed by atoms with van der Waals surface area (Å²) in [5.74, 6) is 0.751. The predicted molar refractivity (Wildman–Crippen MR) is 81.9 cm³/mol. The Bertz CT molecular complexity index is 688. The Hall–Kier alpha value is -2.69. The third kappa shape index (κ3) is 3.45. The average Bonchev–Trinajstić information content (AvgIpc) is 2.95. The molecule has 0 aliphatic carbocycles. The molecule has 3 rings (SSSR count). The quantitative estimate of drug-likeness (QED) is 0.780. The number of rotatable bonds is 5. The number of benzene rings is 1. The molecule has 5 heteroatoms. The van der Waals surface area contributed by atoms with Gasteiger partial charge in [0.25, 0.3) is 0 Å². The molecular formula is C16H17N5. The lowest BCUT2D eigenvalue weighted by atomic mass is 10.2. The maximum atomic E-state index is 4.37. The minimum Gasteiger partial charge on any atom is -0.349 e. The summed E-state index contributed by atoms with van der Waals surface area (Å²) in [4.78, 5) is 4.37. The van der Waals surface area contributed by atoms with E-state index < -0.39 is 0 Å². The summed E-state index contributed by atoms with van der Waals surface area (Å²) in [5, 5.41) is 11.4. The van der Waals surface area contributed by atoms with Crippen LogP contribution in [0.3, 0.4) is 0 Å². The molecule has 1 aromatic carbocycles. The largest absolute Gasteiger partial charge is 0.349 e. The van der Waals surface area contributed by atoms with E-state index in [4.69, 9.17) is 0 Å². The van der Waals surface area contributed by atoms with E-state index in [1.54, 1.807) is 6.33 Å². The first-order valence-electron chi connectivity index (χ1n) is 6.88. The van der Waals surface area contributed by atoms with Gasteiger partial charge in [0.05, 0.1) is 18.8 Å². The molecule has 5 nitrogen and oxygen atoms in total. The van der Waals surface area contributed by atoms with Crippen molar-refractivity contribution < 1.29 is 0 Å². The minimum atomic E-state index is 0.633. The van der Waals surface area contributed by atoms with Crippen molar-refractivity contribution in [2.24, 2.45) is 0 Å². The number of aromatic nitrogens is 4. The van der Waals surface area contributed by atoms with Crippen LogP contribution in [0.25, 0.3) is 0 Å². The molecule has 2 aromatic heterocycles. The Balaban J connectivity index is 1.66. The third-order valence-electron chi connectivity index (χ3n) is 3.21. The lowest BCUT2D eigenvalue weighted by Gasteiger charge is -2.08. The highest BCUT2D eigenvalue weighted by atomic mass is 15.3. The van der Waals surface area contributed by atoms with Crippen molar-refractivity contribution in [3.05, 3.63) is 71.8 Å². The van der Waals surface area contributed by atoms with Crippen molar-refractivity contribution in [1.82, 2.24) is 19.7 Å². The van der Waals surface area contributed by atoms with Crippen LogP contribution in [0.2, 0.25) is 0 Å². The zero-order valence-electron chi connectivity index (χ0n) is 11.9. The highest BCUT2D eigenvalue weighted by molar-refractivity contribution is 5.27. The van der Waals surface area contributed by atoms with Crippen LogP contribution in [0.1, 0.15) is 16.8 Å². The zero-order chi connectivity index (χ0) is 14.5. The molecular weight excluding hydrogens is 262 g/mol. The number of hydrogen-bond acceptors (Lipinski definition) is 4. The van der Waals surface area contributed by atoms with Crippen LogP contribution < -0.4 is 5.32 Å². The number of hydrogen-bond donors (Lipinski definition) is 1. The molecule has 0 aliphatic rings. The second-order valence-electron chi connectivity index (χ2n) is 4.95. The fraction of sp³-hybridized carbons (Fsp3) is 0.188. The van der Waals surface area contributed by atoms with Gasteiger partial charge in [-0.1, -0.05) is 36.4 Å². The maximum Gasteiger partial charge on any atom is 0.225 e. The Morgan fingerprint density at radius 3 is 2.71 bits per heavy atom. The van der Waals surface area contributed by atoms with Gasteiger partial charge in [-0.15, -0.1) is 10.2 Å². The SMILES string of the molecule is Cc1ccc(CNc2nncn2Cc2ccccc2)nc1. The lowest BCUT2D eigenvalue weighted by molar-refractivity contribution is 0.792. The Morgan fingerprint density at radius 2 is 1.95 bits per heavy atom. The van der Waals surface area contributed by atoms with Gasteiger partial charge in [-0.05, 0) is 24.1 Å². The van der Waals surface area contributed by atoms with Crippen molar-refractivity contribution in [2.75, 3.05) is 5.32 Å². The fourth-order valence-corrected chi connectivity index (χ4v) is 2.06. The number of pyridine rings is 1. The smallest absolute Gasteiger partial charge is 0.225 e. The van der Waals surface area contributed by atoms with Crippen LogP contribution in [0.4, 0.5) is 5.95 Å². The van der Waals surface area contributed by atoms with Crippen LogP contribution in [-0.2, 0) is 13.1 Å². The van der Waals surface area contributed by atoms with Gasteiger partial charge >= 0.3 is 0 Å². The van der Waals surface area contributed by atoms with Gasteiger partial charge in [0.15, 0.2) is 0 Å². The first-order chi connectivity index (χ1) is 10.3. The van der Waals surface area contributed by atoms with E-state index in [2.05, 4.69) is 38.7 Å². The molecule has 3 aromatic rings. The predicted octanol–water partition coefficient (Wildman–Crippen LogP) is 2.64. The van der Waals surface area contributed by atoms with Gasteiger partial charge in [0, 0.05) is 6.20 Å². The topological polar surface area (TPSA) is 55.6 Å². The summed E-state index contributed by atoms with van der Waals surface area (Å²) >= 11 is 0.